The van der Waals surface area contributed by atoms with E-state index < -0.39 is 0 Å². The monoisotopic (exact) mass is 326 g/mol. The molecule has 0 aliphatic carbocycles. The van der Waals surface area contributed by atoms with Gasteiger partial charge in [-0.1, -0.05) is 12.1 Å². The topological polar surface area (TPSA) is 57.4 Å². The molecule has 0 amide bonds. The fraction of sp³-hybridized carbons (Fsp3) is 0.167. The van der Waals surface area contributed by atoms with Crippen LogP contribution >= 0.6 is 11.3 Å². The molecule has 2 aromatic carbocycles. The number of benzene rings is 2. The Balaban J connectivity index is 1.89. The lowest BCUT2D eigenvalue weighted by Crippen LogP contribution is -1.90. The number of aromatic nitrogens is 1. The minimum absolute atomic E-state index is 0.583. The Kier molecular flexibility index (Phi) is 4.48. The molecule has 0 fully saturated rings. The average molecular weight is 326 g/mol. The number of anilines is 1. The SMILES string of the molecule is COc1ccc(Cc2sc(N)nc2-c2ccc(OC)cc2)cc1. The second-order valence-electron chi connectivity index (χ2n) is 5.08. The van der Waals surface area contributed by atoms with Crippen LogP contribution < -0.4 is 15.2 Å². The standard InChI is InChI=1S/C18H18N2O2S/c1-21-14-7-3-12(4-8-14)11-16-17(20-18(19)23-16)13-5-9-15(22-2)10-6-13/h3-10H,11H2,1-2H3,(H2,19,20). The minimum Gasteiger partial charge on any atom is -0.497 e. The van der Waals surface area contributed by atoms with E-state index in [2.05, 4.69) is 17.1 Å². The summed E-state index contributed by atoms with van der Waals surface area (Å²) in [6, 6.07) is 15.9. The Morgan fingerprint density at radius 2 is 1.48 bits per heavy atom. The number of nitrogens with zero attached hydrogens (tertiary/aromatic N) is 1. The predicted molar refractivity (Wildman–Crippen MR) is 94.3 cm³/mol. The van der Waals surface area contributed by atoms with E-state index in [-0.39, 0.29) is 0 Å². The maximum Gasteiger partial charge on any atom is 0.180 e. The van der Waals surface area contributed by atoms with Crippen molar-refractivity contribution in [2.45, 2.75) is 6.42 Å². The summed E-state index contributed by atoms with van der Waals surface area (Å²) >= 11 is 1.53. The van der Waals surface area contributed by atoms with E-state index in [9.17, 15) is 0 Å². The van der Waals surface area contributed by atoms with Gasteiger partial charge in [0.2, 0.25) is 0 Å². The zero-order chi connectivity index (χ0) is 16.2. The Bertz CT molecular complexity index is 780. The second kappa shape index (κ2) is 6.71. The Morgan fingerprint density at radius 3 is 2.04 bits per heavy atom. The number of methoxy groups -OCH3 is 2. The van der Waals surface area contributed by atoms with Crippen LogP contribution in [0, 0.1) is 0 Å². The largest absolute Gasteiger partial charge is 0.497 e. The fourth-order valence-corrected chi connectivity index (χ4v) is 3.28. The predicted octanol–water partition coefficient (Wildman–Crippen LogP) is 4.00. The van der Waals surface area contributed by atoms with Crippen LogP contribution in [0.1, 0.15) is 10.4 Å². The summed E-state index contributed by atoms with van der Waals surface area (Å²) in [5, 5.41) is 0.583. The molecule has 0 radical (unpaired) electrons. The second-order valence-corrected chi connectivity index (χ2v) is 6.19. The molecule has 3 aromatic rings. The van der Waals surface area contributed by atoms with Crippen LogP contribution in [0.25, 0.3) is 11.3 Å². The third-order valence-electron chi connectivity index (χ3n) is 3.60. The highest BCUT2D eigenvalue weighted by molar-refractivity contribution is 7.15. The van der Waals surface area contributed by atoms with Crippen LogP contribution in [0.5, 0.6) is 11.5 Å². The molecule has 0 aliphatic rings. The highest BCUT2D eigenvalue weighted by atomic mass is 32.1. The van der Waals surface area contributed by atoms with Crippen LogP contribution in [0.15, 0.2) is 48.5 Å². The van der Waals surface area contributed by atoms with Crippen molar-refractivity contribution in [1.29, 1.82) is 0 Å². The van der Waals surface area contributed by atoms with E-state index in [4.69, 9.17) is 15.2 Å². The first kappa shape index (κ1) is 15.4. The molecule has 4 nitrogen and oxygen atoms in total. The first-order chi connectivity index (χ1) is 11.2. The summed E-state index contributed by atoms with van der Waals surface area (Å²) in [5.41, 5.74) is 9.11. The normalized spacial score (nSPS) is 10.5. The van der Waals surface area contributed by atoms with E-state index in [1.807, 2.05) is 36.4 Å². The molecule has 1 aromatic heterocycles. The summed E-state index contributed by atoms with van der Waals surface area (Å²) in [7, 11) is 3.33. The number of ether oxygens (including phenoxy) is 2. The molecule has 5 heteroatoms. The molecular formula is C18H18N2O2S. The van der Waals surface area contributed by atoms with Gasteiger partial charge in [0.25, 0.3) is 0 Å². The number of hydrogen-bond donors (Lipinski definition) is 1. The van der Waals surface area contributed by atoms with Gasteiger partial charge in [0.15, 0.2) is 5.13 Å². The number of rotatable bonds is 5. The first-order valence-corrected chi connectivity index (χ1v) is 8.04. The molecule has 23 heavy (non-hydrogen) atoms. The van der Waals surface area contributed by atoms with Crippen LogP contribution in [-0.2, 0) is 6.42 Å². The van der Waals surface area contributed by atoms with Gasteiger partial charge in [0, 0.05) is 16.9 Å². The molecule has 0 bridgehead atoms. The minimum atomic E-state index is 0.583. The highest BCUT2D eigenvalue weighted by Gasteiger charge is 2.12. The van der Waals surface area contributed by atoms with Crippen LogP contribution in [0.2, 0.25) is 0 Å². The summed E-state index contributed by atoms with van der Waals surface area (Å²) in [6.07, 6.45) is 0.792. The molecule has 2 N–H and O–H groups in total. The third-order valence-corrected chi connectivity index (χ3v) is 4.49. The zero-order valence-corrected chi connectivity index (χ0v) is 13.9. The van der Waals surface area contributed by atoms with Crippen LogP contribution in [0.4, 0.5) is 5.13 Å². The molecule has 0 saturated carbocycles. The number of nitrogens with two attached hydrogens (primary N) is 1. The Hall–Kier alpha value is -2.53. The smallest absolute Gasteiger partial charge is 0.180 e. The van der Waals surface area contributed by atoms with Gasteiger partial charge in [-0.15, -0.1) is 11.3 Å². The van der Waals surface area contributed by atoms with Gasteiger partial charge in [-0.25, -0.2) is 4.98 Å². The molecule has 118 valence electrons. The van der Waals surface area contributed by atoms with E-state index in [0.717, 1.165) is 34.1 Å². The van der Waals surface area contributed by atoms with Gasteiger partial charge in [0.1, 0.15) is 11.5 Å². The molecule has 0 atom stereocenters. The van der Waals surface area contributed by atoms with E-state index in [1.54, 1.807) is 14.2 Å². The summed E-state index contributed by atoms with van der Waals surface area (Å²) in [5.74, 6) is 1.68. The van der Waals surface area contributed by atoms with Gasteiger partial charge >= 0.3 is 0 Å². The van der Waals surface area contributed by atoms with Crippen molar-refractivity contribution in [1.82, 2.24) is 4.98 Å². The van der Waals surface area contributed by atoms with Crippen molar-refractivity contribution in [3.63, 3.8) is 0 Å². The quantitative estimate of drug-likeness (QED) is 0.770. The van der Waals surface area contributed by atoms with Crippen molar-refractivity contribution < 1.29 is 9.47 Å². The van der Waals surface area contributed by atoms with E-state index in [0.29, 0.717) is 5.13 Å². The maximum absolute atomic E-state index is 5.93. The lowest BCUT2D eigenvalue weighted by atomic mass is 10.1. The summed E-state index contributed by atoms with van der Waals surface area (Å²) < 4.78 is 10.4. The van der Waals surface area contributed by atoms with E-state index >= 15 is 0 Å². The van der Waals surface area contributed by atoms with Gasteiger partial charge in [-0.3, -0.25) is 0 Å². The Morgan fingerprint density at radius 1 is 0.913 bits per heavy atom. The average Bonchev–Trinajstić information content (AvgIpc) is 2.96. The Labute approximate surface area is 139 Å². The maximum atomic E-state index is 5.93. The third kappa shape index (κ3) is 3.46. The highest BCUT2D eigenvalue weighted by Crippen LogP contribution is 2.32. The van der Waals surface area contributed by atoms with Gasteiger partial charge < -0.3 is 15.2 Å². The molecule has 3 rings (SSSR count). The molecular weight excluding hydrogens is 308 g/mol. The molecule has 0 aliphatic heterocycles. The van der Waals surface area contributed by atoms with Crippen molar-refractivity contribution in [3.05, 3.63) is 59.0 Å². The summed E-state index contributed by atoms with van der Waals surface area (Å²) in [4.78, 5) is 5.65. The summed E-state index contributed by atoms with van der Waals surface area (Å²) in [6.45, 7) is 0. The van der Waals surface area contributed by atoms with Crippen LogP contribution in [0.3, 0.4) is 0 Å². The molecule has 1 heterocycles. The lowest BCUT2D eigenvalue weighted by molar-refractivity contribution is 0.414. The molecule has 0 unspecified atom stereocenters. The van der Waals surface area contributed by atoms with Gasteiger partial charge in [-0.05, 0) is 42.0 Å². The number of hydrogen-bond acceptors (Lipinski definition) is 5. The molecule has 0 saturated heterocycles. The van der Waals surface area contributed by atoms with Crippen LogP contribution in [-0.4, -0.2) is 19.2 Å². The lowest BCUT2D eigenvalue weighted by Gasteiger charge is -2.05. The van der Waals surface area contributed by atoms with Crippen molar-refractivity contribution in [2.24, 2.45) is 0 Å². The fourth-order valence-electron chi connectivity index (χ4n) is 2.39. The zero-order valence-electron chi connectivity index (χ0n) is 13.1. The van der Waals surface area contributed by atoms with Gasteiger partial charge in [0.05, 0.1) is 19.9 Å². The number of nitrogen functional groups attached to an aromatic ring is 1. The van der Waals surface area contributed by atoms with Crippen molar-refractivity contribution in [3.8, 4) is 22.8 Å². The number of thiazole rings is 1. The van der Waals surface area contributed by atoms with Crippen molar-refractivity contribution >= 4 is 16.5 Å². The van der Waals surface area contributed by atoms with E-state index in [1.165, 1.54) is 16.9 Å². The first-order valence-electron chi connectivity index (χ1n) is 7.22. The molecule has 0 spiro atoms. The van der Waals surface area contributed by atoms with Crippen molar-refractivity contribution in [2.75, 3.05) is 20.0 Å². The van der Waals surface area contributed by atoms with Gasteiger partial charge in [-0.2, -0.15) is 0 Å².